The number of rotatable bonds is 0. The minimum absolute atomic E-state index is 0.0758. The maximum Gasteiger partial charge on any atom is 0.158 e. The molecule has 3 aliphatic carbocycles. The Morgan fingerprint density at radius 1 is 0.515 bits per heavy atom. The molecule has 2 aliphatic heterocycles. The van der Waals surface area contributed by atoms with Crippen molar-refractivity contribution in [2.75, 3.05) is 0 Å². The van der Waals surface area contributed by atoms with Crippen LogP contribution in [0.2, 0.25) is 0 Å². The quantitative estimate of drug-likeness (QED) is 0.337. The molecule has 0 aromatic carbocycles. The molecule has 0 N–H and O–H groups in total. The zero-order valence-electron chi connectivity index (χ0n) is 21.4. The molecule has 0 bridgehead atoms. The van der Waals surface area contributed by atoms with Crippen LogP contribution in [0.5, 0.6) is 0 Å². The molecule has 14 atom stereocenters. The summed E-state index contributed by atoms with van der Waals surface area (Å²) < 4.78 is 66.6. The van der Waals surface area contributed by atoms with Crippen molar-refractivity contribution in [3.05, 3.63) is 0 Å². The highest BCUT2D eigenvalue weighted by atomic mass is 19.2. The predicted octanol–water partition coefficient (Wildman–Crippen LogP) is 7.43. The lowest BCUT2D eigenvalue weighted by Crippen LogP contribution is -2.50. The van der Waals surface area contributed by atoms with Crippen molar-refractivity contribution < 1.29 is 27.0 Å². The van der Waals surface area contributed by atoms with Crippen LogP contribution in [0, 0.1) is 35.5 Å². The molecule has 2 heterocycles. The molecule has 3 saturated carbocycles. The van der Waals surface area contributed by atoms with Crippen LogP contribution in [0.3, 0.4) is 0 Å². The largest absolute Gasteiger partial charge is 0.372 e. The summed E-state index contributed by atoms with van der Waals surface area (Å²) in [6, 6.07) is 0. The monoisotopic (exact) mass is 478 g/mol. The Hall–Kier alpha value is -0.360. The third kappa shape index (κ3) is 5.57. The summed E-state index contributed by atoms with van der Waals surface area (Å²) in [6.45, 7) is 11.6. The molecule has 0 aromatic heterocycles. The van der Waals surface area contributed by atoms with Gasteiger partial charge in [-0.15, -0.1) is 0 Å². The minimum Gasteiger partial charge on any atom is -0.372 e. The van der Waals surface area contributed by atoms with Crippen LogP contribution in [0.15, 0.2) is 0 Å². The van der Waals surface area contributed by atoms with E-state index >= 15 is 0 Å². The van der Waals surface area contributed by atoms with E-state index in [4.69, 9.17) is 9.47 Å². The number of hydrogen-bond donors (Lipinski definition) is 0. The van der Waals surface area contributed by atoms with Crippen molar-refractivity contribution in [1.29, 1.82) is 0 Å². The second kappa shape index (κ2) is 11.6. The van der Waals surface area contributed by atoms with Crippen LogP contribution in [0.1, 0.15) is 86.5 Å². The molecular formula is C27H46F4O2. The van der Waals surface area contributed by atoms with Gasteiger partial charge in [-0.1, -0.05) is 34.6 Å². The Morgan fingerprint density at radius 3 is 1.55 bits per heavy atom. The fourth-order valence-corrected chi connectivity index (χ4v) is 6.88. The number of fused-ring (bicyclic) bond motifs is 4. The molecule has 5 fully saturated rings. The topological polar surface area (TPSA) is 18.5 Å². The Morgan fingerprint density at radius 2 is 1.03 bits per heavy atom. The van der Waals surface area contributed by atoms with Gasteiger partial charge in [0.1, 0.15) is 18.5 Å². The van der Waals surface area contributed by atoms with Gasteiger partial charge in [-0.3, -0.25) is 0 Å². The van der Waals surface area contributed by atoms with E-state index in [9.17, 15) is 17.6 Å². The van der Waals surface area contributed by atoms with Crippen molar-refractivity contribution in [2.24, 2.45) is 35.5 Å². The lowest BCUT2D eigenvalue weighted by Gasteiger charge is -2.43. The van der Waals surface area contributed by atoms with Crippen LogP contribution in [0.25, 0.3) is 0 Å². The highest BCUT2D eigenvalue weighted by Crippen LogP contribution is 2.51. The van der Waals surface area contributed by atoms with Gasteiger partial charge in [0.25, 0.3) is 0 Å². The summed E-state index contributed by atoms with van der Waals surface area (Å²) >= 11 is 0. The summed E-state index contributed by atoms with van der Waals surface area (Å²) in [5.41, 5.74) is 0. The van der Waals surface area contributed by atoms with Gasteiger partial charge < -0.3 is 9.47 Å². The van der Waals surface area contributed by atoms with Gasteiger partial charge in [0.2, 0.25) is 0 Å². The van der Waals surface area contributed by atoms with Gasteiger partial charge in [0.05, 0.1) is 24.4 Å². The fourth-order valence-electron chi connectivity index (χ4n) is 6.88. The van der Waals surface area contributed by atoms with Gasteiger partial charge in [0.15, 0.2) is 6.17 Å². The normalized spacial score (nSPS) is 53.3. The minimum atomic E-state index is -1.41. The standard InChI is InChI=1S/C14H22F2O.C11H18F2O.C2H6/c1-7-3-5-9-10-6-4-8(2)12(16)14(10)17-13(9)11(7)15;1-6-5-8-4-3-7(2)14-11(8)10(13)9(6)12;1-2/h7-14H,3-6H2,1-2H3;6-11H,3-5H2,1-2H3;1-2H3. The molecule has 0 radical (unpaired) electrons. The molecule has 0 aromatic rings. The Balaban J connectivity index is 0.000000176. The van der Waals surface area contributed by atoms with Crippen molar-refractivity contribution in [3.8, 4) is 0 Å². The molecule has 6 heteroatoms. The number of hydrogen-bond acceptors (Lipinski definition) is 2. The smallest absolute Gasteiger partial charge is 0.158 e. The van der Waals surface area contributed by atoms with Crippen LogP contribution in [-0.4, -0.2) is 49.1 Å². The van der Waals surface area contributed by atoms with Gasteiger partial charge in [-0.25, -0.2) is 17.6 Å². The molecule has 0 spiro atoms. The zero-order valence-corrected chi connectivity index (χ0v) is 21.4. The van der Waals surface area contributed by atoms with Gasteiger partial charge in [-0.05, 0) is 87.4 Å². The fraction of sp³-hybridized carbons (Fsp3) is 1.00. The molecule has 14 unspecified atom stereocenters. The lowest BCUT2D eigenvalue weighted by atomic mass is 9.68. The maximum absolute atomic E-state index is 14.1. The summed E-state index contributed by atoms with van der Waals surface area (Å²) in [5.74, 6) is 0.791. The average molecular weight is 479 g/mol. The number of ether oxygens (including phenoxy) is 2. The first-order valence-electron chi connectivity index (χ1n) is 13.6. The molecule has 33 heavy (non-hydrogen) atoms. The third-order valence-electron chi connectivity index (χ3n) is 8.97. The van der Waals surface area contributed by atoms with Crippen LogP contribution in [-0.2, 0) is 9.47 Å². The number of alkyl halides is 4. The van der Waals surface area contributed by atoms with E-state index in [1.165, 1.54) is 0 Å². The van der Waals surface area contributed by atoms with Crippen LogP contribution >= 0.6 is 0 Å². The van der Waals surface area contributed by atoms with E-state index in [1.807, 2.05) is 34.6 Å². The highest BCUT2D eigenvalue weighted by molar-refractivity contribution is 5.02. The summed E-state index contributed by atoms with van der Waals surface area (Å²) in [7, 11) is 0. The van der Waals surface area contributed by atoms with Crippen molar-refractivity contribution in [3.63, 3.8) is 0 Å². The van der Waals surface area contributed by atoms with Crippen molar-refractivity contribution in [2.45, 2.75) is 136 Å². The van der Waals surface area contributed by atoms with E-state index in [0.29, 0.717) is 0 Å². The van der Waals surface area contributed by atoms with Gasteiger partial charge in [0, 0.05) is 0 Å². The van der Waals surface area contributed by atoms with Crippen LogP contribution in [0.4, 0.5) is 17.6 Å². The van der Waals surface area contributed by atoms with Gasteiger partial charge >= 0.3 is 0 Å². The maximum atomic E-state index is 14.1. The second-order valence-electron chi connectivity index (χ2n) is 11.2. The van der Waals surface area contributed by atoms with E-state index < -0.39 is 30.8 Å². The molecule has 5 aliphatic rings. The first-order chi connectivity index (χ1) is 15.7. The SMILES string of the molecule is CC.CC1CCC2C3CCC(C)C(F)C3OC2C1F.CC1CCC2CC(C)C(F)C(F)C2O1. The van der Waals surface area contributed by atoms with Crippen molar-refractivity contribution >= 4 is 0 Å². The zero-order chi connectivity index (χ0) is 24.4. The lowest BCUT2D eigenvalue weighted by molar-refractivity contribution is -0.154. The first-order valence-corrected chi connectivity index (χ1v) is 13.6. The summed E-state index contributed by atoms with van der Waals surface area (Å²) in [6.07, 6.45) is 1.11. The van der Waals surface area contributed by atoms with E-state index in [1.54, 1.807) is 6.92 Å². The molecule has 194 valence electrons. The Labute approximate surface area is 198 Å². The molecule has 2 saturated heterocycles. The molecular weight excluding hydrogens is 432 g/mol. The van der Waals surface area contributed by atoms with E-state index in [2.05, 4.69) is 0 Å². The van der Waals surface area contributed by atoms with Gasteiger partial charge in [-0.2, -0.15) is 0 Å². The summed E-state index contributed by atoms with van der Waals surface area (Å²) in [5, 5.41) is 0. The van der Waals surface area contributed by atoms with E-state index in [0.717, 1.165) is 44.9 Å². The average Bonchev–Trinajstić information content (AvgIpc) is 3.20. The van der Waals surface area contributed by atoms with Crippen molar-refractivity contribution in [1.82, 2.24) is 0 Å². The molecule has 5 rings (SSSR count). The first kappa shape index (κ1) is 27.2. The second-order valence-corrected chi connectivity index (χ2v) is 11.2. The predicted molar refractivity (Wildman–Crippen MR) is 124 cm³/mol. The summed E-state index contributed by atoms with van der Waals surface area (Å²) in [4.78, 5) is 0. The Kier molecular flexibility index (Phi) is 9.56. The third-order valence-corrected chi connectivity index (χ3v) is 8.97. The van der Waals surface area contributed by atoms with Crippen LogP contribution < -0.4 is 0 Å². The molecule has 2 nitrogen and oxygen atoms in total. The molecule has 0 amide bonds. The number of halogens is 4. The highest BCUT2D eigenvalue weighted by Gasteiger charge is 2.55. The van der Waals surface area contributed by atoms with E-state index in [-0.39, 0.29) is 53.8 Å². The Bertz CT molecular complexity index is 573.